The molecule has 1 aromatic heterocycles. The summed E-state index contributed by atoms with van der Waals surface area (Å²) in [4.78, 5) is 1.31. The van der Waals surface area contributed by atoms with E-state index in [-0.39, 0.29) is 12.6 Å². The number of nitriles is 1. The molecule has 1 unspecified atom stereocenters. The van der Waals surface area contributed by atoms with E-state index >= 15 is 0 Å². The van der Waals surface area contributed by atoms with E-state index in [1.807, 2.05) is 30.3 Å². The molecule has 1 N–H and O–H groups in total. The summed E-state index contributed by atoms with van der Waals surface area (Å²) in [6.45, 7) is 2.21. The molecule has 0 amide bonds. The zero-order chi connectivity index (χ0) is 12.8. The third-order valence-electron chi connectivity index (χ3n) is 2.51. The van der Waals surface area contributed by atoms with Gasteiger partial charge in [-0.3, -0.25) is 0 Å². The van der Waals surface area contributed by atoms with Crippen LogP contribution in [0.1, 0.15) is 17.8 Å². The molecule has 1 atom stereocenters. The maximum absolute atomic E-state index is 8.42. The van der Waals surface area contributed by atoms with Crippen LogP contribution < -0.4 is 10.1 Å². The molecule has 2 rings (SSSR count). The van der Waals surface area contributed by atoms with Crippen LogP contribution in [0.3, 0.4) is 0 Å². The topological polar surface area (TPSA) is 45.0 Å². The van der Waals surface area contributed by atoms with Gasteiger partial charge in [0.05, 0.1) is 6.04 Å². The summed E-state index contributed by atoms with van der Waals surface area (Å²) in [6.07, 6.45) is 0. The van der Waals surface area contributed by atoms with Crippen molar-refractivity contribution in [3.05, 3.63) is 46.7 Å². The second-order valence-electron chi connectivity index (χ2n) is 3.85. The molecule has 0 aliphatic carbocycles. The van der Waals surface area contributed by atoms with E-state index in [1.54, 1.807) is 11.3 Å². The lowest BCUT2D eigenvalue weighted by Gasteiger charge is -2.14. The van der Waals surface area contributed by atoms with E-state index in [0.29, 0.717) is 5.75 Å². The zero-order valence-corrected chi connectivity index (χ0v) is 10.9. The molecule has 0 spiro atoms. The first-order valence-corrected chi connectivity index (χ1v) is 6.57. The maximum Gasteiger partial charge on any atom is 0.174 e. The highest BCUT2D eigenvalue weighted by molar-refractivity contribution is 7.10. The molecule has 0 fully saturated rings. The Bertz CT molecular complexity index is 514. The van der Waals surface area contributed by atoms with Crippen LogP contribution in [0.25, 0.3) is 0 Å². The van der Waals surface area contributed by atoms with E-state index in [0.717, 1.165) is 5.69 Å². The largest absolute Gasteiger partial charge is 0.479 e. The van der Waals surface area contributed by atoms with Crippen molar-refractivity contribution in [1.82, 2.24) is 0 Å². The first-order valence-electron chi connectivity index (χ1n) is 5.69. The van der Waals surface area contributed by atoms with E-state index in [9.17, 15) is 0 Å². The molecule has 0 saturated carbocycles. The first-order chi connectivity index (χ1) is 8.79. The highest BCUT2D eigenvalue weighted by atomic mass is 32.1. The number of anilines is 1. The molecular formula is C14H14N2OS. The van der Waals surface area contributed by atoms with Crippen LogP contribution in [-0.4, -0.2) is 6.61 Å². The van der Waals surface area contributed by atoms with Gasteiger partial charge in [-0.25, -0.2) is 0 Å². The van der Waals surface area contributed by atoms with Crippen molar-refractivity contribution < 1.29 is 4.74 Å². The van der Waals surface area contributed by atoms with Crippen LogP contribution in [0.15, 0.2) is 41.8 Å². The van der Waals surface area contributed by atoms with Crippen molar-refractivity contribution in [3.8, 4) is 11.8 Å². The minimum atomic E-state index is 0.0817. The average Bonchev–Trinajstić information content (AvgIpc) is 2.92. The number of rotatable bonds is 5. The molecule has 1 heterocycles. The van der Waals surface area contributed by atoms with Gasteiger partial charge in [0, 0.05) is 10.6 Å². The molecule has 18 heavy (non-hydrogen) atoms. The first kappa shape index (κ1) is 12.5. The van der Waals surface area contributed by atoms with Crippen molar-refractivity contribution >= 4 is 17.0 Å². The fraction of sp³-hybridized carbons (Fsp3) is 0.214. The van der Waals surface area contributed by atoms with Gasteiger partial charge in [-0.1, -0.05) is 6.07 Å². The average molecular weight is 258 g/mol. The summed E-state index contributed by atoms with van der Waals surface area (Å²) in [5.74, 6) is 0.714. The highest BCUT2D eigenvalue weighted by Crippen LogP contribution is 2.24. The lowest BCUT2D eigenvalue weighted by atomic mass is 10.2. The fourth-order valence-electron chi connectivity index (χ4n) is 1.62. The van der Waals surface area contributed by atoms with Gasteiger partial charge < -0.3 is 10.1 Å². The van der Waals surface area contributed by atoms with Gasteiger partial charge in [0.2, 0.25) is 0 Å². The summed E-state index contributed by atoms with van der Waals surface area (Å²) in [5.41, 5.74) is 1.04. The van der Waals surface area contributed by atoms with Crippen LogP contribution in [0.2, 0.25) is 0 Å². The Hall–Kier alpha value is -1.99. The normalized spacial score (nSPS) is 11.6. The number of benzene rings is 1. The molecule has 1 aromatic carbocycles. The summed E-state index contributed by atoms with van der Waals surface area (Å²) < 4.78 is 5.20. The second kappa shape index (κ2) is 6.08. The van der Waals surface area contributed by atoms with Crippen LogP contribution >= 0.6 is 11.3 Å². The van der Waals surface area contributed by atoms with Crippen molar-refractivity contribution in [2.75, 3.05) is 11.9 Å². The van der Waals surface area contributed by atoms with Gasteiger partial charge >= 0.3 is 0 Å². The van der Waals surface area contributed by atoms with Crippen molar-refractivity contribution in [3.63, 3.8) is 0 Å². The number of nitrogens with zero attached hydrogens (tertiary/aromatic N) is 1. The lowest BCUT2D eigenvalue weighted by molar-refractivity contribution is 0.368. The Morgan fingerprint density at radius 3 is 2.72 bits per heavy atom. The molecule has 0 saturated heterocycles. The number of hydrogen-bond donors (Lipinski definition) is 1. The third kappa shape index (κ3) is 3.25. The van der Waals surface area contributed by atoms with Crippen LogP contribution in [0, 0.1) is 11.3 Å². The van der Waals surface area contributed by atoms with Gasteiger partial charge in [0.15, 0.2) is 6.61 Å². The number of hydrogen-bond acceptors (Lipinski definition) is 4. The number of ether oxygens (including phenoxy) is 1. The maximum atomic E-state index is 8.42. The van der Waals surface area contributed by atoms with Crippen molar-refractivity contribution in [2.45, 2.75) is 13.0 Å². The highest BCUT2D eigenvalue weighted by Gasteiger charge is 2.05. The zero-order valence-electron chi connectivity index (χ0n) is 10.1. The summed E-state index contributed by atoms with van der Waals surface area (Å²) in [5, 5.41) is 13.9. The van der Waals surface area contributed by atoms with Crippen LogP contribution in [-0.2, 0) is 0 Å². The van der Waals surface area contributed by atoms with Gasteiger partial charge in [-0.2, -0.15) is 5.26 Å². The minimum absolute atomic E-state index is 0.0817. The Labute approximate surface area is 111 Å². The van der Waals surface area contributed by atoms with Gasteiger partial charge in [-0.05, 0) is 42.6 Å². The summed E-state index contributed by atoms with van der Waals surface area (Å²) in [7, 11) is 0. The van der Waals surface area contributed by atoms with E-state index in [1.165, 1.54) is 4.88 Å². The fourth-order valence-corrected chi connectivity index (χ4v) is 2.36. The number of thiophene rings is 1. The number of nitrogens with one attached hydrogen (secondary N) is 1. The molecule has 0 aliphatic rings. The molecule has 2 aromatic rings. The van der Waals surface area contributed by atoms with Crippen LogP contribution in [0.4, 0.5) is 5.69 Å². The smallest absolute Gasteiger partial charge is 0.174 e. The Balaban J connectivity index is 1.96. The minimum Gasteiger partial charge on any atom is -0.479 e. The van der Waals surface area contributed by atoms with Crippen molar-refractivity contribution in [1.29, 1.82) is 5.26 Å². The quantitative estimate of drug-likeness (QED) is 0.886. The van der Waals surface area contributed by atoms with E-state index in [2.05, 4.69) is 29.8 Å². The standard InChI is InChI=1S/C14H14N2OS/c1-11(14-3-2-10-18-14)16-12-4-6-13(7-5-12)17-9-8-15/h2-7,10-11,16H,9H2,1H3. The monoisotopic (exact) mass is 258 g/mol. The SMILES string of the molecule is CC(Nc1ccc(OCC#N)cc1)c1cccs1. The molecule has 4 heteroatoms. The predicted molar refractivity (Wildman–Crippen MR) is 73.9 cm³/mol. The Morgan fingerprint density at radius 2 is 2.11 bits per heavy atom. The summed E-state index contributed by atoms with van der Waals surface area (Å²) in [6, 6.07) is 14.0. The van der Waals surface area contributed by atoms with E-state index < -0.39 is 0 Å². The van der Waals surface area contributed by atoms with Gasteiger partial charge in [0.1, 0.15) is 11.8 Å². The van der Waals surface area contributed by atoms with E-state index in [4.69, 9.17) is 10.00 Å². The molecule has 0 radical (unpaired) electrons. The Kier molecular flexibility index (Phi) is 4.21. The second-order valence-corrected chi connectivity index (χ2v) is 4.83. The van der Waals surface area contributed by atoms with Crippen molar-refractivity contribution in [2.24, 2.45) is 0 Å². The molecule has 3 nitrogen and oxygen atoms in total. The molecule has 92 valence electrons. The van der Waals surface area contributed by atoms with Crippen LogP contribution in [0.5, 0.6) is 5.75 Å². The summed E-state index contributed by atoms with van der Waals surface area (Å²) >= 11 is 1.74. The van der Waals surface area contributed by atoms with Gasteiger partial charge in [0.25, 0.3) is 0 Å². The lowest BCUT2D eigenvalue weighted by Crippen LogP contribution is -2.04. The Morgan fingerprint density at radius 1 is 1.33 bits per heavy atom. The molecular weight excluding hydrogens is 244 g/mol. The predicted octanol–water partition coefficient (Wildman–Crippen LogP) is 3.82. The molecule has 0 aliphatic heterocycles. The van der Waals surface area contributed by atoms with Gasteiger partial charge in [-0.15, -0.1) is 11.3 Å². The molecule has 0 bridgehead atoms. The third-order valence-corrected chi connectivity index (χ3v) is 3.57.